The highest BCUT2D eigenvalue weighted by Gasteiger charge is 2.34. The maximum absolute atomic E-state index is 11.7. The molecule has 124 valence electrons. The second-order valence-corrected chi connectivity index (χ2v) is 4.80. The number of esters is 1. The maximum Gasteiger partial charge on any atom is 0.339 e. The van der Waals surface area contributed by atoms with Gasteiger partial charge in [0.1, 0.15) is 0 Å². The number of aliphatic carboxylic acids is 1. The normalized spacial score (nSPS) is 13.0. The van der Waals surface area contributed by atoms with Crippen LogP contribution in [0.3, 0.4) is 0 Å². The first-order valence-electron chi connectivity index (χ1n) is 7.25. The van der Waals surface area contributed by atoms with Crippen LogP contribution in [0, 0.1) is 0 Å². The Morgan fingerprint density at radius 1 is 1.10 bits per heavy atom. The Bertz CT molecular complexity index is 306. The van der Waals surface area contributed by atoms with Crippen LogP contribution in [0.4, 0.5) is 0 Å². The van der Waals surface area contributed by atoms with Crippen LogP contribution in [0.15, 0.2) is 0 Å². The summed E-state index contributed by atoms with van der Waals surface area (Å²) in [5, 5.41) is 18.0. The molecule has 2 N–H and O–H groups in total. The number of aliphatic hydroxyl groups is 1. The van der Waals surface area contributed by atoms with E-state index in [1.165, 1.54) is 6.92 Å². The van der Waals surface area contributed by atoms with Crippen LogP contribution in [-0.2, 0) is 23.8 Å². The summed E-state index contributed by atoms with van der Waals surface area (Å²) in [5.41, 5.74) is 0. The number of carboxylic acids is 1. The van der Waals surface area contributed by atoms with Crippen molar-refractivity contribution in [2.24, 2.45) is 0 Å². The first kappa shape index (κ1) is 19.8. The smallest absolute Gasteiger partial charge is 0.339 e. The number of aliphatic hydroxyl groups excluding tert-OH is 1. The molecule has 0 aromatic carbocycles. The molecule has 0 aliphatic heterocycles. The predicted molar refractivity (Wildman–Crippen MR) is 74.5 cm³/mol. The highest BCUT2D eigenvalue weighted by molar-refractivity contribution is 5.80. The molecule has 0 aliphatic rings. The molecule has 7 nitrogen and oxygen atoms in total. The summed E-state index contributed by atoms with van der Waals surface area (Å²) in [6.07, 6.45) is 0.871. The number of carbonyl (C=O) groups is 2. The fourth-order valence-corrected chi connectivity index (χ4v) is 1.40. The van der Waals surface area contributed by atoms with E-state index in [9.17, 15) is 14.7 Å². The minimum Gasteiger partial charge on any atom is -0.481 e. The van der Waals surface area contributed by atoms with Crippen molar-refractivity contribution in [1.29, 1.82) is 0 Å². The van der Waals surface area contributed by atoms with E-state index in [1.54, 1.807) is 0 Å². The quantitative estimate of drug-likeness (QED) is 0.321. The van der Waals surface area contributed by atoms with Gasteiger partial charge in [0, 0.05) is 6.92 Å². The molecule has 0 aliphatic carbocycles. The van der Waals surface area contributed by atoms with Gasteiger partial charge in [0.2, 0.25) is 0 Å². The fraction of sp³-hybridized carbons (Fsp3) is 0.857. The van der Waals surface area contributed by atoms with Crippen LogP contribution < -0.4 is 0 Å². The molecule has 0 saturated carbocycles. The molecule has 0 fully saturated rings. The minimum atomic E-state index is -1.74. The molecule has 0 spiro atoms. The first-order valence-corrected chi connectivity index (χ1v) is 7.25. The van der Waals surface area contributed by atoms with Gasteiger partial charge in [-0.2, -0.15) is 0 Å². The number of rotatable bonds is 12. The van der Waals surface area contributed by atoms with Gasteiger partial charge in [-0.05, 0) is 12.8 Å². The molecule has 0 saturated heterocycles. The number of carbonyl (C=O) groups excluding carboxylic acids is 1. The summed E-state index contributed by atoms with van der Waals surface area (Å²) >= 11 is 0. The van der Waals surface area contributed by atoms with Gasteiger partial charge < -0.3 is 24.4 Å². The minimum absolute atomic E-state index is 0.335. The zero-order chi connectivity index (χ0) is 16.3. The largest absolute Gasteiger partial charge is 0.481 e. The van der Waals surface area contributed by atoms with E-state index in [0.29, 0.717) is 13.2 Å². The lowest BCUT2D eigenvalue weighted by molar-refractivity contribution is -0.355. The second kappa shape index (κ2) is 10.5. The van der Waals surface area contributed by atoms with Crippen LogP contribution in [-0.4, -0.2) is 47.4 Å². The predicted octanol–water partition coefficient (Wildman–Crippen LogP) is 1.67. The van der Waals surface area contributed by atoms with Gasteiger partial charge in [-0.3, -0.25) is 4.79 Å². The van der Waals surface area contributed by atoms with Gasteiger partial charge in [0.15, 0.2) is 6.10 Å². The molecule has 0 aromatic heterocycles. The molecule has 0 rings (SSSR count). The summed E-state index contributed by atoms with van der Waals surface area (Å²) in [6.45, 7) is 6.08. The van der Waals surface area contributed by atoms with E-state index < -0.39 is 30.4 Å². The number of carboxylic acid groups (broad SMARTS) is 1. The van der Waals surface area contributed by atoms with Crippen LogP contribution in [0.1, 0.15) is 52.9 Å². The van der Waals surface area contributed by atoms with Crippen LogP contribution in [0.2, 0.25) is 0 Å². The number of ether oxygens (including phenoxy) is 3. The van der Waals surface area contributed by atoms with Gasteiger partial charge in [0.25, 0.3) is 0 Å². The topological polar surface area (TPSA) is 102 Å². The molecule has 7 heteroatoms. The Morgan fingerprint density at radius 3 is 1.95 bits per heavy atom. The van der Waals surface area contributed by atoms with E-state index in [1.807, 2.05) is 13.8 Å². The van der Waals surface area contributed by atoms with Gasteiger partial charge in [-0.25, -0.2) is 4.79 Å². The summed E-state index contributed by atoms with van der Waals surface area (Å²) in [5.74, 6) is -3.98. The highest BCUT2D eigenvalue weighted by atomic mass is 16.9. The summed E-state index contributed by atoms with van der Waals surface area (Å²) in [7, 11) is 0. The first-order chi connectivity index (χ1) is 9.84. The second-order valence-electron chi connectivity index (χ2n) is 4.80. The molecule has 1 unspecified atom stereocenters. The van der Waals surface area contributed by atoms with E-state index in [4.69, 9.17) is 19.3 Å². The molecule has 21 heavy (non-hydrogen) atoms. The third-order valence-electron chi connectivity index (χ3n) is 2.65. The Labute approximate surface area is 125 Å². The number of hydrogen-bond donors (Lipinski definition) is 2. The lowest BCUT2D eigenvalue weighted by atomic mass is 10.2. The van der Waals surface area contributed by atoms with E-state index in [-0.39, 0.29) is 0 Å². The third-order valence-corrected chi connectivity index (χ3v) is 2.65. The van der Waals surface area contributed by atoms with Gasteiger partial charge in [0.05, 0.1) is 19.6 Å². The maximum atomic E-state index is 11.7. The van der Waals surface area contributed by atoms with Gasteiger partial charge in [-0.1, -0.05) is 26.7 Å². The highest BCUT2D eigenvalue weighted by Crippen LogP contribution is 2.18. The van der Waals surface area contributed by atoms with Crippen LogP contribution in [0.25, 0.3) is 0 Å². The van der Waals surface area contributed by atoms with Crippen molar-refractivity contribution < 1.29 is 34.0 Å². The Balaban J connectivity index is 4.54. The standard InChI is InChI=1S/C14H26O7/c1-4-6-8-19-14(3,20-9-7-5-2)21-13(18)11(15)10-12(16)17/h11,15H,4-10H2,1-3H3,(H,16,17). The molecule has 0 bridgehead atoms. The third kappa shape index (κ3) is 9.38. The summed E-state index contributed by atoms with van der Waals surface area (Å²) in [4.78, 5) is 22.1. The molecule has 0 heterocycles. The van der Waals surface area contributed by atoms with Gasteiger partial charge in [-0.15, -0.1) is 0 Å². The van der Waals surface area contributed by atoms with Crippen molar-refractivity contribution >= 4 is 11.9 Å². The van der Waals surface area contributed by atoms with E-state index >= 15 is 0 Å². The average Bonchev–Trinajstić information content (AvgIpc) is 2.38. The van der Waals surface area contributed by atoms with E-state index in [0.717, 1.165) is 25.7 Å². The monoisotopic (exact) mass is 306 g/mol. The summed E-state index contributed by atoms with van der Waals surface area (Å²) in [6, 6.07) is 0. The lowest BCUT2D eigenvalue weighted by Gasteiger charge is -2.29. The zero-order valence-electron chi connectivity index (χ0n) is 13.0. The zero-order valence-corrected chi connectivity index (χ0v) is 13.0. The number of unbranched alkanes of at least 4 members (excludes halogenated alkanes) is 2. The molecule has 0 amide bonds. The Hall–Kier alpha value is -1.18. The Kier molecular flexibility index (Phi) is 9.94. The van der Waals surface area contributed by atoms with Crippen molar-refractivity contribution in [3.8, 4) is 0 Å². The van der Waals surface area contributed by atoms with E-state index in [2.05, 4.69) is 0 Å². The van der Waals surface area contributed by atoms with Crippen molar-refractivity contribution in [2.45, 2.75) is 65.0 Å². The van der Waals surface area contributed by atoms with Crippen LogP contribution in [0.5, 0.6) is 0 Å². The van der Waals surface area contributed by atoms with Crippen molar-refractivity contribution in [3.05, 3.63) is 0 Å². The molecule has 0 aromatic rings. The van der Waals surface area contributed by atoms with Crippen molar-refractivity contribution in [3.63, 3.8) is 0 Å². The lowest BCUT2D eigenvalue weighted by Crippen LogP contribution is -2.42. The van der Waals surface area contributed by atoms with Crippen LogP contribution >= 0.6 is 0 Å². The Morgan fingerprint density at radius 2 is 1.57 bits per heavy atom. The molecular formula is C14H26O7. The molecule has 1 atom stereocenters. The van der Waals surface area contributed by atoms with Gasteiger partial charge >= 0.3 is 17.9 Å². The van der Waals surface area contributed by atoms with Crippen molar-refractivity contribution in [1.82, 2.24) is 0 Å². The summed E-state index contributed by atoms with van der Waals surface area (Å²) < 4.78 is 15.8. The fourth-order valence-electron chi connectivity index (χ4n) is 1.40. The average molecular weight is 306 g/mol. The van der Waals surface area contributed by atoms with Crippen molar-refractivity contribution in [2.75, 3.05) is 13.2 Å². The number of hydrogen-bond acceptors (Lipinski definition) is 6. The SMILES string of the molecule is CCCCOC(C)(OCCCC)OC(=O)C(O)CC(=O)O. The molecular weight excluding hydrogens is 280 g/mol. The molecule has 0 radical (unpaired) electrons.